The summed E-state index contributed by atoms with van der Waals surface area (Å²) in [5.41, 5.74) is 1.29. The van der Waals surface area contributed by atoms with Crippen molar-refractivity contribution < 1.29 is 22.3 Å². The number of morpholine rings is 1. The van der Waals surface area contributed by atoms with Crippen molar-refractivity contribution in [3.05, 3.63) is 47.5 Å². The number of hydrogen-bond acceptors (Lipinski definition) is 7. The van der Waals surface area contributed by atoms with Crippen molar-refractivity contribution in [3.63, 3.8) is 0 Å². The predicted molar refractivity (Wildman–Crippen MR) is 145 cm³/mol. The Hall–Kier alpha value is -2.12. The Balaban J connectivity index is 1.38. The quantitative estimate of drug-likeness (QED) is 0.413. The number of benzene rings is 1. The number of hydrogen-bond donors (Lipinski definition) is 1. The summed E-state index contributed by atoms with van der Waals surface area (Å²) < 4.78 is 53.5. The molecule has 3 heterocycles. The van der Waals surface area contributed by atoms with E-state index in [9.17, 15) is 12.8 Å². The minimum atomic E-state index is -3.79. The molecule has 1 saturated carbocycles. The van der Waals surface area contributed by atoms with Gasteiger partial charge in [0.15, 0.2) is 5.11 Å². The first kappa shape index (κ1) is 27.4. The molecule has 0 spiro atoms. The van der Waals surface area contributed by atoms with E-state index in [2.05, 4.69) is 20.1 Å². The fourth-order valence-electron chi connectivity index (χ4n) is 4.85. The van der Waals surface area contributed by atoms with Gasteiger partial charge in [0.2, 0.25) is 15.0 Å². The largest absolute Gasteiger partial charge is 0.379 e. The molecule has 1 aliphatic carbocycles. The monoisotopic (exact) mass is 565 g/mol. The molecule has 2 saturated heterocycles. The highest BCUT2D eigenvalue weighted by Gasteiger charge is 2.29. The highest BCUT2D eigenvalue weighted by atomic mass is 32.2. The van der Waals surface area contributed by atoms with Gasteiger partial charge in [0, 0.05) is 38.8 Å². The number of ether oxygens (including phenoxy) is 2. The van der Waals surface area contributed by atoms with Gasteiger partial charge in [-0.1, -0.05) is 12.1 Å². The lowest BCUT2D eigenvalue weighted by Crippen LogP contribution is -2.46. The van der Waals surface area contributed by atoms with Crippen molar-refractivity contribution in [1.29, 1.82) is 0 Å². The van der Waals surface area contributed by atoms with Crippen LogP contribution in [0, 0.1) is 5.82 Å². The first-order valence-electron chi connectivity index (χ1n) is 13.4. The van der Waals surface area contributed by atoms with Crippen molar-refractivity contribution in [2.45, 2.75) is 61.8 Å². The number of nitrogens with one attached hydrogen (secondary N) is 1. The van der Waals surface area contributed by atoms with Crippen LogP contribution in [0.4, 0.5) is 4.39 Å². The van der Waals surface area contributed by atoms with E-state index in [0.717, 1.165) is 64.2 Å². The van der Waals surface area contributed by atoms with Crippen LogP contribution < -0.4 is 5.32 Å². The van der Waals surface area contributed by atoms with Gasteiger partial charge in [-0.15, -0.1) is 0 Å². The fraction of sp³-hybridized carbons (Fsp3) is 0.615. The highest BCUT2D eigenvalue weighted by Crippen LogP contribution is 2.24. The highest BCUT2D eigenvalue weighted by molar-refractivity contribution is 7.90. The maximum atomic E-state index is 13.5. The Labute approximate surface area is 229 Å². The van der Waals surface area contributed by atoms with Crippen LogP contribution in [0.15, 0.2) is 35.6 Å². The molecule has 1 aromatic carbocycles. The second kappa shape index (κ2) is 12.4. The van der Waals surface area contributed by atoms with Crippen molar-refractivity contribution in [3.8, 4) is 0 Å². The van der Waals surface area contributed by atoms with Crippen LogP contribution in [0.1, 0.15) is 36.9 Å². The average molecular weight is 566 g/mol. The summed E-state index contributed by atoms with van der Waals surface area (Å²) in [7, 11) is -3.79. The summed E-state index contributed by atoms with van der Waals surface area (Å²) in [4.78, 5) is 8.88. The van der Waals surface area contributed by atoms with Crippen LogP contribution in [0.3, 0.4) is 0 Å². The number of aromatic nitrogens is 2. The molecular weight excluding hydrogens is 529 g/mol. The Kier molecular flexibility index (Phi) is 8.94. The Bertz CT molecular complexity index is 1190. The summed E-state index contributed by atoms with van der Waals surface area (Å²) in [5, 5.41) is 4.14. The molecule has 38 heavy (non-hydrogen) atoms. The zero-order valence-corrected chi connectivity index (χ0v) is 23.2. The third-order valence-electron chi connectivity index (χ3n) is 7.19. The molecule has 0 radical (unpaired) electrons. The van der Waals surface area contributed by atoms with Crippen molar-refractivity contribution in [2.24, 2.45) is 0 Å². The lowest BCUT2D eigenvalue weighted by molar-refractivity contribution is 0.0356. The van der Waals surface area contributed by atoms with E-state index in [-0.39, 0.29) is 17.0 Å². The third-order valence-corrected chi connectivity index (χ3v) is 9.17. The molecule has 5 rings (SSSR count). The Morgan fingerprint density at radius 1 is 1.16 bits per heavy atom. The van der Waals surface area contributed by atoms with Crippen LogP contribution in [0.2, 0.25) is 0 Å². The van der Waals surface area contributed by atoms with Gasteiger partial charge in [-0.05, 0) is 55.6 Å². The minimum absolute atomic E-state index is 0.0153. The van der Waals surface area contributed by atoms with Gasteiger partial charge in [-0.2, -0.15) is 0 Å². The summed E-state index contributed by atoms with van der Waals surface area (Å²) in [6.07, 6.45) is 5.63. The summed E-state index contributed by atoms with van der Waals surface area (Å²) >= 11 is 5.79. The molecule has 2 aliphatic heterocycles. The smallest absolute Gasteiger partial charge is 0.228 e. The van der Waals surface area contributed by atoms with Gasteiger partial charge in [0.05, 0.1) is 50.1 Å². The first-order valence-corrected chi connectivity index (χ1v) is 15.4. The fourth-order valence-corrected chi connectivity index (χ4v) is 6.67. The molecule has 9 nitrogen and oxygen atoms in total. The van der Waals surface area contributed by atoms with Crippen LogP contribution >= 0.6 is 12.2 Å². The van der Waals surface area contributed by atoms with Gasteiger partial charge < -0.3 is 24.3 Å². The summed E-state index contributed by atoms with van der Waals surface area (Å²) in [6, 6.07) is 5.95. The lowest BCUT2D eigenvalue weighted by Gasteiger charge is -2.31. The van der Waals surface area contributed by atoms with Crippen LogP contribution in [0.5, 0.6) is 0 Å². The molecule has 0 amide bonds. The van der Waals surface area contributed by atoms with E-state index in [1.54, 1.807) is 10.8 Å². The number of rotatable bonds is 11. The maximum Gasteiger partial charge on any atom is 0.228 e. The van der Waals surface area contributed by atoms with E-state index in [0.29, 0.717) is 43.0 Å². The summed E-state index contributed by atoms with van der Waals surface area (Å²) in [6.45, 7) is 6.31. The van der Waals surface area contributed by atoms with E-state index in [1.807, 2.05) is 0 Å². The second-order valence-electron chi connectivity index (χ2n) is 10.3. The van der Waals surface area contributed by atoms with Crippen LogP contribution in [0.25, 0.3) is 0 Å². The Morgan fingerprint density at radius 2 is 1.92 bits per heavy atom. The number of thiocarbonyl (C=S) groups is 1. The third kappa shape index (κ3) is 7.29. The molecule has 1 aromatic heterocycles. The van der Waals surface area contributed by atoms with Crippen molar-refractivity contribution in [1.82, 2.24) is 24.7 Å². The molecule has 208 valence electrons. The predicted octanol–water partition coefficient (Wildman–Crippen LogP) is 2.35. The topological polar surface area (TPSA) is 88.9 Å². The lowest BCUT2D eigenvalue weighted by atomic mass is 10.2. The Morgan fingerprint density at radius 3 is 2.61 bits per heavy atom. The first-order chi connectivity index (χ1) is 18.4. The van der Waals surface area contributed by atoms with Gasteiger partial charge >= 0.3 is 0 Å². The van der Waals surface area contributed by atoms with Gasteiger partial charge in [0.25, 0.3) is 0 Å². The molecule has 0 unspecified atom stereocenters. The number of sulfone groups is 1. The molecule has 2 aromatic rings. The van der Waals surface area contributed by atoms with E-state index in [1.165, 1.54) is 24.3 Å². The number of halogens is 1. The molecule has 1 atom stereocenters. The van der Waals surface area contributed by atoms with Crippen LogP contribution in [-0.4, -0.2) is 91.0 Å². The molecule has 0 bridgehead atoms. The van der Waals surface area contributed by atoms with Crippen molar-refractivity contribution in [2.75, 3.05) is 46.0 Å². The molecular formula is C26H36FN5O4S2. The summed E-state index contributed by atoms with van der Waals surface area (Å²) in [5.74, 6) is -0.654. The van der Waals surface area contributed by atoms with Gasteiger partial charge in [-0.25, -0.2) is 17.8 Å². The minimum Gasteiger partial charge on any atom is -0.379 e. The maximum absolute atomic E-state index is 13.5. The molecule has 3 fully saturated rings. The van der Waals surface area contributed by atoms with Crippen LogP contribution in [-0.2, 0) is 38.2 Å². The average Bonchev–Trinajstić information content (AvgIpc) is 3.39. The zero-order valence-electron chi connectivity index (χ0n) is 21.6. The van der Waals surface area contributed by atoms with E-state index >= 15 is 0 Å². The normalized spacial score (nSPS) is 20.5. The standard InChI is InChI=1S/C26H36FN5O4S2/c27-21-5-3-20(4-6-21)19-38(33,34)26-28-16-23(32(26)18-24-2-1-13-36-24)17-31(25(37)29-22-7-8-22)10-9-30-11-14-35-15-12-30/h3-6,16,22,24H,1-2,7-15,17-19H2,(H,29,37)/t24-/m1/s1. The van der Waals surface area contributed by atoms with Crippen molar-refractivity contribution >= 4 is 27.2 Å². The molecule has 12 heteroatoms. The van der Waals surface area contributed by atoms with E-state index < -0.39 is 15.7 Å². The van der Waals surface area contributed by atoms with Gasteiger partial charge in [0.1, 0.15) is 5.82 Å². The SMILES string of the molecule is O=S(=O)(Cc1ccc(F)cc1)c1ncc(CN(CCN2CCOCC2)C(=S)NC2CC2)n1C[C@H]1CCCO1. The number of nitrogens with zero attached hydrogens (tertiary/aromatic N) is 4. The second-order valence-corrected chi connectivity index (χ2v) is 12.5. The van der Waals surface area contributed by atoms with Gasteiger partial charge in [-0.3, -0.25) is 4.90 Å². The van der Waals surface area contributed by atoms with E-state index in [4.69, 9.17) is 21.7 Å². The molecule has 1 N–H and O–H groups in total. The molecule has 3 aliphatic rings. The number of imidazole rings is 1. The zero-order chi connectivity index (χ0) is 26.5.